The summed E-state index contributed by atoms with van der Waals surface area (Å²) in [6.07, 6.45) is 3.14. The number of rotatable bonds is 8. The third-order valence-corrected chi connectivity index (χ3v) is 3.42. The molecule has 0 rings (SSSR count). The first-order valence-corrected chi connectivity index (χ1v) is 5.93. The summed E-state index contributed by atoms with van der Waals surface area (Å²) in [7, 11) is 1.61. The summed E-state index contributed by atoms with van der Waals surface area (Å²) in [5, 5.41) is 20.9. The Morgan fingerprint density at radius 2 is 1.40 bits per heavy atom. The molecule has 0 bridgehead atoms. The average Bonchev–Trinajstić information content (AvgIpc) is 2.25. The molecule has 0 aromatic carbocycles. The molecule has 2 N–H and O–H groups in total. The Labute approximate surface area is 93.5 Å². The maximum Gasteiger partial charge on any atom is 0.0952 e. The number of methoxy groups -OCH3 is 1. The standard InChI is InChI=1S/C12H26O3/c1-5-8-11(13,6-2)12(14,7-3)9-10-15-4/h13-14H,5-10H2,1-4H3. The van der Waals surface area contributed by atoms with Crippen LogP contribution >= 0.6 is 0 Å². The van der Waals surface area contributed by atoms with Crippen LogP contribution in [-0.4, -0.2) is 35.1 Å². The zero-order chi connectivity index (χ0) is 11.9. The highest BCUT2D eigenvalue weighted by molar-refractivity contribution is 4.97. The first-order valence-electron chi connectivity index (χ1n) is 5.93. The van der Waals surface area contributed by atoms with Gasteiger partial charge >= 0.3 is 0 Å². The summed E-state index contributed by atoms with van der Waals surface area (Å²) in [5.41, 5.74) is -2.00. The van der Waals surface area contributed by atoms with Crippen LogP contribution in [0.2, 0.25) is 0 Å². The molecule has 3 nitrogen and oxygen atoms in total. The Bertz CT molecular complexity index is 172. The molecule has 0 radical (unpaired) electrons. The molecule has 0 amide bonds. The van der Waals surface area contributed by atoms with Crippen LogP contribution in [0.3, 0.4) is 0 Å². The SMILES string of the molecule is CCCC(O)(CC)C(O)(CC)CCOC. The Morgan fingerprint density at radius 3 is 1.73 bits per heavy atom. The molecule has 3 heteroatoms. The molecule has 0 saturated carbocycles. The third kappa shape index (κ3) is 3.44. The molecule has 92 valence electrons. The second-order valence-electron chi connectivity index (χ2n) is 4.26. The maximum absolute atomic E-state index is 10.5. The normalized spacial score (nSPS) is 19.6. The molecule has 0 aromatic rings. The lowest BCUT2D eigenvalue weighted by Gasteiger charge is -2.43. The first kappa shape index (κ1) is 14.9. The van der Waals surface area contributed by atoms with Crippen molar-refractivity contribution in [1.29, 1.82) is 0 Å². The molecule has 0 aromatic heterocycles. The van der Waals surface area contributed by atoms with Crippen LogP contribution in [0, 0.1) is 0 Å². The van der Waals surface area contributed by atoms with E-state index in [4.69, 9.17) is 4.74 Å². The largest absolute Gasteiger partial charge is 0.387 e. The Balaban J connectivity index is 4.69. The zero-order valence-electron chi connectivity index (χ0n) is 10.5. The maximum atomic E-state index is 10.5. The van der Waals surface area contributed by atoms with Gasteiger partial charge in [0, 0.05) is 20.1 Å². The fraction of sp³-hybridized carbons (Fsp3) is 1.00. The average molecular weight is 218 g/mol. The fourth-order valence-electron chi connectivity index (χ4n) is 2.16. The minimum atomic E-state index is -1.02. The van der Waals surface area contributed by atoms with Gasteiger partial charge in [-0.15, -0.1) is 0 Å². The molecular formula is C12H26O3. The van der Waals surface area contributed by atoms with E-state index in [1.54, 1.807) is 7.11 Å². The lowest BCUT2D eigenvalue weighted by Crippen LogP contribution is -2.54. The van der Waals surface area contributed by atoms with E-state index in [2.05, 4.69) is 0 Å². The number of hydrogen-bond acceptors (Lipinski definition) is 3. The molecule has 0 fully saturated rings. The van der Waals surface area contributed by atoms with Gasteiger partial charge in [0.15, 0.2) is 0 Å². The zero-order valence-corrected chi connectivity index (χ0v) is 10.5. The third-order valence-electron chi connectivity index (χ3n) is 3.42. The minimum absolute atomic E-state index is 0.483. The van der Waals surface area contributed by atoms with Gasteiger partial charge in [-0.3, -0.25) is 0 Å². The topological polar surface area (TPSA) is 49.7 Å². The molecule has 0 spiro atoms. The molecule has 0 aliphatic carbocycles. The molecule has 2 unspecified atom stereocenters. The molecule has 2 atom stereocenters. The van der Waals surface area contributed by atoms with E-state index in [0.29, 0.717) is 32.3 Å². The van der Waals surface area contributed by atoms with Crippen LogP contribution in [0.15, 0.2) is 0 Å². The smallest absolute Gasteiger partial charge is 0.0952 e. The fourth-order valence-corrected chi connectivity index (χ4v) is 2.16. The lowest BCUT2D eigenvalue weighted by molar-refractivity contribution is -0.168. The van der Waals surface area contributed by atoms with Crippen LogP contribution < -0.4 is 0 Å². The van der Waals surface area contributed by atoms with Crippen molar-refractivity contribution >= 4 is 0 Å². The second kappa shape index (κ2) is 6.46. The predicted molar refractivity (Wildman–Crippen MR) is 61.9 cm³/mol. The summed E-state index contributed by atoms with van der Waals surface area (Å²) in [6.45, 7) is 6.33. The van der Waals surface area contributed by atoms with Gasteiger partial charge in [0.25, 0.3) is 0 Å². The van der Waals surface area contributed by atoms with E-state index in [1.165, 1.54) is 0 Å². The monoisotopic (exact) mass is 218 g/mol. The van der Waals surface area contributed by atoms with Gasteiger partial charge in [-0.2, -0.15) is 0 Å². The van der Waals surface area contributed by atoms with Crippen molar-refractivity contribution in [2.24, 2.45) is 0 Å². The highest BCUT2D eigenvalue weighted by Crippen LogP contribution is 2.35. The van der Waals surface area contributed by atoms with Gasteiger partial charge in [-0.05, 0) is 19.3 Å². The minimum Gasteiger partial charge on any atom is -0.387 e. The summed E-state index contributed by atoms with van der Waals surface area (Å²) < 4.78 is 4.99. The van der Waals surface area contributed by atoms with Crippen molar-refractivity contribution in [1.82, 2.24) is 0 Å². The number of hydrogen-bond donors (Lipinski definition) is 2. The number of ether oxygens (including phenoxy) is 1. The molecule has 0 heterocycles. The highest BCUT2D eigenvalue weighted by Gasteiger charge is 2.45. The Hall–Kier alpha value is -0.120. The van der Waals surface area contributed by atoms with E-state index in [9.17, 15) is 10.2 Å². The van der Waals surface area contributed by atoms with E-state index in [-0.39, 0.29) is 0 Å². The number of aliphatic hydroxyl groups is 2. The van der Waals surface area contributed by atoms with Gasteiger partial charge in [0.2, 0.25) is 0 Å². The van der Waals surface area contributed by atoms with Crippen molar-refractivity contribution in [3.63, 3.8) is 0 Å². The van der Waals surface area contributed by atoms with Crippen LogP contribution in [0.1, 0.15) is 52.9 Å². The van der Waals surface area contributed by atoms with E-state index in [0.717, 1.165) is 6.42 Å². The van der Waals surface area contributed by atoms with Crippen molar-refractivity contribution in [2.45, 2.75) is 64.1 Å². The van der Waals surface area contributed by atoms with E-state index >= 15 is 0 Å². The molecule has 0 aliphatic heterocycles. The van der Waals surface area contributed by atoms with Crippen molar-refractivity contribution in [2.75, 3.05) is 13.7 Å². The lowest BCUT2D eigenvalue weighted by atomic mass is 9.74. The summed E-state index contributed by atoms with van der Waals surface area (Å²) in [6, 6.07) is 0. The van der Waals surface area contributed by atoms with Crippen LogP contribution in [-0.2, 0) is 4.74 Å². The summed E-state index contributed by atoms with van der Waals surface area (Å²) >= 11 is 0. The van der Waals surface area contributed by atoms with E-state index < -0.39 is 11.2 Å². The molecule has 0 aliphatic rings. The second-order valence-corrected chi connectivity index (χ2v) is 4.26. The van der Waals surface area contributed by atoms with Crippen molar-refractivity contribution in [3.05, 3.63) is 0 Å². The summed E-state index contributed by atoms with van der Waals surface area (Å²) in [5.74, 6) is 0. The molecular weight excluding hydrogens is 192 g/mol. The first-order chi connectivity index (χ1) is 6.99. The predicted octanol–water partition coefficient (Wildman–Crippen LogP) is 2.11. The quantitative estimate of drug-likeness (QED) is 0.656. The van der Waals surface area contributed by atoms with Gasteiger partial charge in [0.05, 0.1) is 11.2 Å². The van der Waals surface area contributed by atoms with Gasteiger partial charge < -0.3 is 14.9 Å². The summed E-state index contributed by atoms with van der Waals surface area (Å²) in [4.78, 5) is 0. The Morgan fingerprint density at radius 1 is 0.933 bits per heavy atom. The van der Waals surface area contributed by atoms with Crippen molar-refractivity contribution < 1.29 is 14.9 Å². The molecule has 15 heavy (non-hydrogen) atoms. The highest BCUT2D eigenvalue weighted by atomic mass is 16.5. The Kier molecular flexibility index (Phi) is 6.41. The van der Waals surface area contributed by atoms with Gasteiger partial charge in [0.1, 0.15) is 0 Å². The van der Waals surface area contributed by atoms with Crippen LogP contribution in [0.25, 0.3) is 0 Å². The molecule has 0 saturated heterocycles. The van der Waals surface area contributed by atoms with E-state index in [1.807, 2.05) is 20.8 Å². The van der Waals surface area contributed by atoms with Gasteiger partial charge in [-0.1, -0.05) is 27.2 Å². The van der Waals surface area contributed by atoms with Crippen LogP contribution in [0.4, 0.5) is 0 Å². The van der Waals surface area contributed by atoms with Gasteiger partial charge in [-0.25, -0.2) is 0 Å². The van der Waals surface area contributed by atoms with Crippen molar-refractivity contribution in [3.8, 4) is 0 Å². The van der Waals surface area contributed by atoms with Crippen LogP contribution in [0.5, 0.6) is 0 Å².